The molecule has 0 bridgehead atoms. The van der Waals surface area contributed by atoms with Crippen LogP contribution in [-0.4, -0.2) is 35.2 Å². The first-order valence-electron chi connectivity index (χ1n) is 7.26. The Morgan fingerprint density at radius 2 is 1.25 bits per heavy atom. The van der Waals surface area contributed by atoms with Crippen LogP contribution < -0.4 is 5.19 Å². The van der Waals surface area contributed by atoms with E-state index in [9.17, 15) is 0 Å². The second-order valence-electron chi connectivity index (χ2n) is 6.47. The fourth-order valence-electron chi connectivity index (χ4n) is 1.94. The third-order valence-electron chi connectivity index (χ3n) is 2.35. The van der Waals surface area contributed by atoms with Gasteiger partial charge in [0.2, 0.25) is 0 Å². The highest BCUT2D eigenvalue weighted by molar-refractivity contribution is 6.91. The molecule has 0 saturated carbocycles. The van der Waals surface area contributed by atoms with Gasteiger partial charge in [0.15, 0.2) is 26.4 Å². The molecule has 0 atom stereocenters. The average molecular weight is 345 g/mol. The van der Waals surface area contributed by atoms with Gasteiger partial charge in [-0.3, -0.25) is 0 Å². The molecule has 0 aromatic heterocycles. The van der Waals surface area contributed by atoms with E-state index in [1.54, 1.807) is 0 Å². The van der Waals surface area contributed by atoms with Crippen LogP contribution in [0.2, 0.25) is 45.8 Å². The Kier molecular flexibility index (Phi) is 6.57. The minimum Gasteiger partial charge on any atom is -0.416 e. The normalized spacial score (nSPS) is 13.2. The van der Waals surface area contributed by atoms with Gasteiger partial charge in [0, 0.05) is 5.19 Å². The fourth-order valence-corrected chi connectivity index (χ4v) is 14.3. The molecule has 0 unspecified atom stereocenters. The van der Waals surface area contributed by atoms with Gasteiger partial charge in [0.05, 0.1) is 0 Å². The SMILES string of the molecule is C[SiH](C)O[Si](O[SiH](C)C)(O[Si](C)(C)C)c1ccccc1. The summed E-state index contributed by atoms with van der Waals surface area (Å²) in [6.45, 7) is 15.3. The monoisotopic (exact) mass is 344 g/mol. The highest BCUT2D eigenvalue weighted by atomic mass is 28.5. The van der Waals surface area contributed by atoms with Crippen molar-refractivity contribution in [3.63, 3.8) is 0 Å². The smallest absolute Gasteiger partial charge is 0.416 e. The highest BCUT2D eigenvalue weighted by Gasteiger charge is 2.47. The number of hydrogen-bond acceptors (Lipinski definition) is 3. The molecule has 0 fully saturated rings. The molecule has 0 radical (unpaired) electrons. The van der Waals surface area contributed by atoms with Crippen molar-refractivity contribution in [2.75, 3.05) is 0 Å². The topological polar surface area (TPSA) is 27.7 Å². The molecule has 7 heteroatoms. The Balaban J connectivity index is 3.25. The number of hydrogen-bond donors (Lipinski definition) is 0. The van der Waals surface area contributed by atoms with Crippen LogP contribution in [-0.2, 0) is 12.3 Å². The molecule has 0 aliphatic heterocycles. The Hall–Kier alpha value is -0.0325. The van der Waals surface area contributed by atoms with Crippen LogP contribution in [0.3, 0.4) is 0 Å². The van der Waals surface area contributed by atoms with Crippen molar-refractivity contribution >= 4 is 40.4 Å². The summed E-state index contributed by atoms with van der Waals surface area (Å²) in [6, 6.07) is 10.3. The molecule has 0 saturated heterocycles. The second-order valence-corrected chi connectivity index (χ2v) is 19.3. The zero-order valence-electron chi connectivity index (χ0n) is 13.8. The molecule has 1 aromatic rings. The van der Waals surface area contributed by atoms with Gasteiger partial charge in [-0.25, -0.2) is 0 Å². The molecular formula is C13H28O3Si4. The lowest BCUT2D eigenvalue weighted by Gasteiger charge is -2.38. The first-order valence-corrected chi connectivity index (χ1v) is 18.0. The summed E-state index contributed by atoms with van der Waals surface area (Å²) in [5.41, 5.74) is 0. The summed E-state index contributed by atoms with van der Waals surface area (Å²) in [7, 11) is -7.02. The van der Waals surface area contributed by atoms with Crippen LogP contribution in [0.5, 0.6) is 0 Å². The van der Waals surface area contributed by atoms with Crippen LogP contribution in [0.25, 0.3) is 0 Å². The molecule has 0 aliphatic carbocycles. The van der Waals surface area contributed by atoms with Crippen molar-refractivity contribution in [1.29, 1.82) is 0 Å². The van der Waals surface area contributed by atoms with Gasteiger partial charge in [-0.1, -0.05) is 30.3 Å². The van der Waals surface area contributed by atoms with Crippen LogP contribution >= 0.6 is 0 Å². The molecule has 114 valence electrons. The van der Waals surface area contributed by atoms with E-state index < -0.39 is 35.2 Å². The molecule has 0 amide bonds. The summed E-state index contributed by atoms with van der Waals surface area (Å²) in [6.07, 6.45) is 0. The van der Waals surface area contributed by atoms with E-state index in [0.717, 1.165) is 5.19 Å². The van der Waals surface area contributed by atoms with Crippen LogP contribution in [0.15, 0.2) is 30.3 Å². The Morgan fingerprint density at radius 3 is 1.60 bits per heavy atom. The standard InChI is InChI=1S/C13H28O3Si4/c1-17(2)14-20(15-18(3)4,16-19(5,6)7)13-11-9-8-10-12-13/h8-12,17-18H,1-7H3. The predicted octanol–water partition coefficient (Wildman–Crippen LogP) is 2.68. The molecule has 3 nitrogen and oxygen atoms in total. The van der Waals surface area contributed by atoms with Crippen molar-refractivity contribution in [1.82, 2.24) is 0 Å². The van der Waals surface area contributed by atoms with Crippen LogP contribution in [0, 0.1) is 0 Å². The summed E-state index contributed by atoms with van der Waals surface area (Å²) < 4.78 is 19.4. The molecule has 1 aromatic carbocycles. The molecule has 20 heavy (non-hydrogen) atoms. The van der Waals surface area contributed by atoms with Crippen molar-refractivity contribution in [2.45, 2.75) is 45.8 Å². The van der Waals surface area contributed by atoms with E-state index in [0.29, 0.717) is 0 Å². The summed E-state index contributed by atoms with van der Waals surface area (Å²) in [5, 5.41) is 1.12. The molecule has 1 rings (SSSR count). The second kappa shape index (κ2) is 7.30. The quantitative estimate of drug-likeness (QED) is 0.712. The zero-order chi connectivity index (χ0) is 15.4. The number of benzene rings is 1. The lowest BCUT2D eigenvalue weighted by molar-refractivity contribution is 0.284. The largest absolute Gasteiger partial charge is 0.505 e. The van der Waals surface area contributed by atoms with E-state index in [2.05, 4.69) is 58.0 Å². The molecule has 0 heterocycles. The Morgan fingerprint density at radius 1 is 0.800 bits per heavy atom. The maximum atomic E-state index is 6.54. The summed E-state index contributed by atoms with van der Waals surface area (Å²) in [5.74, 6) is 0. The minimum absolute atomic E-state index is 1.12. The third-order valence-corrected chi connectivity index (χ3v) is 13.2. The van der Waals surface area contributed by atoms with E-state index in [1.807, 2.05) is 18.2 Å². The van der Waals surface area contributed by atoms with Gasteiger partial charge < -0.3 is 12.3 Å². The minimum atomic E-state index is -2.75. The lowest BCUT2D eigenvalue weighted by Crippen LogP contribution is -2.63. The Bertz CT molecular complexity index is 394. The Labute approximate surface area is 129 Å². The van der Waals surface area contributed by atoms with Gasteiger partial charge in [-0.2, -0.15) is 0 Å². The zero-order valence-corrected chi connectivity index (χ0v) is 18.1. The molecule has 0 spiro atoms. The van der Waals surface area contributed by atoms with Gasteiger partial charge in [-0.15, -0.1) is 0 Å². The first kappa shape index (κ1) is 18.0. The van der Waals surface area contributed by atoms with Gasteiger partial charge in [0.1, 0.15) is 0 Å². The summed E-state index contributed by atoms with van der Waals surface area (Å²) >= 11 is 0. The third kappa shape index (κ3) is 5.76. The van der Waals surface area contributed by atoms with E-state index in [4.69, 9.17) is 12.3 Å². The van der Waals surface area contributed by atoms with E-state index >= 15 is 0 Å². The summed E-state index contributed by atoms with van der Waals surface area (Å²) in [4.78, 5) is 0. The average Bonchev–Trinajstić information content (AvgIpc) is 2.25. The predicted molar refractivity (Wildman–Crippen MR) is 96.2 cm³/mol. The molecular weight excluding hydrogens is 316 g/mol. The van der Waals surface area contributed by atoms with Crippen LogP contribution in [0.4, 0.5) is 0 Å². The van der Waals surface area contributed by atoms with Crippen molar-refractivity contribution in [3.05, 3.63) is 30.3 Å². The molecule has 0 aliphatic rings. The highest BCUT2D eigenvalue weighted by Crippen LogP contribution is 2.19. The van der Waals surface area contributed by atoms with Crippen molar-refractivity contribution in [3.8, 4) is 0 Å². The van der Waals surface area contributed by atoms with E-state index in [-0.39, 0.29) is 0 Å². The number of rotatable bonds is 7. The van der Waals surface area contributed by atoms with E-state index in [1.165, 1.54) is 0 Å². The maximum absolute atomic E-state index is 6.54. The maximum Gasteiger partial charge on any atom is 0.505 e. The van der Waals surface area contributed by atoms with Gasteiger partial charge in [-0.05, 0) is 45.8 Å². The first-order chi connectivity index (χ1) is 9.15. The van der Waals surface area contributed by atoms with Crippen molar-refractivity contribution < 1.29 is 12.3 Å². The van der Waals surface area contributed by atoms with Crippen molar-refractivity contribution in [2.24, 2.45) is 0 Å². The lowest BCUT2D eigenvalue weighted by atomic mass is 10.4. The van der Waals surface area contributed by atoms with Gasteiger partial charge >= 0.3 is 8.80 Å². The van der Waals surface area contributed by atoms with Gasteiger partial charge in [0.25, 0.3) is 0 Å². The molecule has 0 N–H and O–H groups in total. The fraction of sp³-hybridized carbons (Fsp3) is 0.538. The van der Waals surface area contributed by atoms with Crippen LogP contribution in [0.1, 0.15) is 0 Å².